The fourth-order valence-corrected chi connectivity index (χ4v) is 1.26. The SMILES string of the molecule is C=Cc1ccccc1.CCP(=O)(O)CC. The van der Waals surface area contributed by atoms with Crippen LogP contribution >= 0.6 is 7.37 Å². The number of rotatable bonds is 3. The van der Waals surface area contributed by atoms with Gasteiger partial charge in [0.05, 0.1) is 0 Å². The number of benzene rings is 1. The highest BCUT2D eigenvalue weighted by atomic mass is 31.2. The zero-order chi connectivity index (χ0) is 11.7. The third kappa shape index (κ3) is 7.12. The zero-order valence-electron chi connectivity index (χ0n) is 9.39. The monoisotopic (exact) mass is 226 g/mol. The quantitative estimate of drug-likeness (QED) is 0.799. The standard InChI is InChI=1S/C8H8.C4H11O2P/c1-2-8-6-4-3-5-7-8;1-3-7(5,6)4-2/h2-7H,1H2;3-4H2,1-2H3,(H,5,6). The Labute approximate surface area is 92.1 Å². The van der Waals surface area contributed by atoms with E-state index in [4.69, 9.17) is 4.89 Å². The molecule has 0 aliphatic heterocycles. The predicted octanol–water partition coefficient (Wildman–Crippen LogP) is 3.63. The fraction of sp³-hybridized carbons (Fsp3) is 0.333. The van der Waals surface area contributed by atoms with E-state index in [1.807, 2.05) is 36.4 Å². The minimum absolute atomic E-state index is 0.406. The van der Waals surface area contributed by atoms with Crippen LogP contribution in [0.2, 0.25) is 0 Å². The number of hydrogen-bond acceptors (Lipinski definition) is 1. The van der Waals surface area contributed by atoms with E-state index in [0.29, 0.717) is 12.3 Å². The van der Waals surface area contributed by atoms with Crippen LogP contribution in [0, 0.1) is 0 Å². The van der Waals surface area contributed by atoms with Gasteiger partial charge in [0.15, 0.2) is 7.37 Å². The molecule has 2 nitrogen and oxygen atoms in total. The molecule has 3 heteroatoms. The maximum atomic E-state index is 10.5. The van der Waals surface area contributed by atoms with Crippen molar-refractivity contribution in [2.45, 2.75) is 13.8 Å². The molecule has 15 heavy (non-hydrogen) atoms. The van der Waals surface area contributed by atoms with E-state index in [1.165, 1.54) is 5.56 Å². The van der Waals surface area contributed by atoms with Gasteiger partial charge in [-0.1, -0.05) is 56.8 Å². The van der Waals surface area contributed by atoms with Gasteiger partial charge in [-0.05, 0) is 5.56 Å². The Morgan fingerprint density at radius 1 is 1.27 bits per heavy atom. The molecular weight excluding hydrogens is 207 g/mol. The molecule has 0 unspecified atom stereocenters. The molecular formula is C12H19O2P. The van der Waals surface area contributed by atoms with Gasteiger partial charge in [-0.2, -0.15) is 0 Å². The first-order valence-electron chi connectivity index (χ1n) is 5.04. The second kappa shape index (κ2) is 7.44. The first kappa shape index (κ1) is 14.2. The van der Waals surface area contributed by atoms with E-state index in [0.717, 1.165) is 0 Å². The third-order valence-corrected chi connectivity index (χ3v) is 4.00. The lowest BCUT2D eigenvalue weighted by Gasteiger charge is -2.01. The van der Waals surface area contributed by atoms with Crippen LogP contribution in [0.1, 0.15) is 19.4 Å². The molecule has 0 radical (unpaired) electrons. The maximum Gasteiger partial charge on any atom is 0.200 e. The average Bonchev–Trinajstić information content (AvgIpc) is 2.31. The molecule has 0 bridgehead atoms. The Balaban J connectivity index is 0.000000265. The second-order valence-corrected chi connectivity index (χ2v) is 6.05. The largest absolute Gasteiger partial charge is 0.344 e. The smallest absolute Gasteiger partial charge is 0.200 e. The Morgan fingerprint density at radius 2 is 1.73 bits per heavy atom. The van der Waals surface area contributed by atoms with E-state index in [-0.39, 0.29) is 0 Å². The summed E-state index contributed by atoms with van der Waals surface area (Å²) in [5.41, 5.74) is 1.17. The molecule has 0 saturated carbocycles. The predicted molar refractivity (Wildman–Crippen MR) is 67.4 cm³/mol. The van der Waals surface area contributed by atoms with Crippen molar-refractivity contribution in [1.82, 2.24) is 0 Å². The van der Waals surface area contributed by atoms with Gasteiger partial charge < -0.3 is 4.89 Å². The van der Waals surface area contributed by atoms with Crippen molar-refractivity contribution in [2.75, 3.05) is 12.3 Å². The third-order valence-electron chi connectivity index (χ3n) is 2.02. The molecule has 0 aromatic heterocycles. The van der Waals surface area contributed by atoms with Crippen molar-refractivity contribution in [3.05, 3.63) is 42.5 Å². The van der Waals surface area contributed by atoms with Crippen molar-refractivity contribution in [3.63, 3.8) is 0 Å². The zero-order valence-corrected chi connectivity index (χ0v) is 10.3. The van der Waals surface area contributed by atoms with Crippen molar-refractivity contribution >= 4 is 13.4 Å². The molecule has 1 rings (SSSR count). The normalized spacial score (nSPS) is 10.1. The van der Waals surface area contributed by atoms with Crippen LogP contribution in [-0.4, -0.2) is 17.2 Å². The van der Waals surface area contributed by atoms with Gasteiger partial charge in [-0.25, -0.2) is 0 Å². The molecule has 0 aliphatic rings. The molecule has 1 aromatic rings. The summed E-state index contributed by atoms with van der Waals surface area (Å²) in [5, 5.41) is 0. The summed E-state index contributed by atoms with van der Waals surface area (Å²) >= 11 is 0. The van der Waals surface area contributed by atoms with Gasteiger partial charge in [0.2, 0.25) is 0 Å². The highest BCUT2D eigenvalue weighted by Crippen LogP contribution is 2.38. The first-order valence-corrected chi connectivity index (χ1v) is 7.07. The molecule has 0 fully saturated rings. The highest BCUT2D eigenvalue weighted by Gasteiger charge is 2.08. The van der Waals surface area contributed by atoms with Gasteiger partial charge >= 0.3 is 0 Å². The second-order valence-electron chi connectivity index (χ2n) is 3.09. The maximum absolute atomic E-state index is 10.5. The molecule has 84 valence electrons. The molecule has 1 N–H and O–H groups in total. The molecule has 1 aromatic carbocycles. The summed E-state index contributed by atoms with van der Waals surface area (Å²) in [6.07, 6.45) is 2.65. The Kier molecular flexibility index (Phi) is 7.02. The molecule has 0 atom stereocenters. The number of hydrogen-bond donors (Lipinski definition) is 1. The van der Waals surface area contributed by atoms with E-state index >= 15 is 0 Å². The lowest BCUT2D eigenvalue weighted by molar-refractivity contribution is 0.481. The summed E-state index contributed by atoms with van der Waals surface area (Å²) in [5.74, 6) is 0. The van der Waals surface area contributed by atoms with Crippen LogP contribution < -0.4 is 0 Å². The van der Waals surface area contributed by atoms with Crippen LogP contribution in [0.25, 0.3) is 6.08 Å². The summed E-state index contributed by atoms with van der Waals surface area (Å²) < 4.78 is 10.5. The summed E-state index contributed by atoms with van der Waals surface area (Å²) in [6, 6.07) is 10.0. The van der Waals surface area contributed by atoms with Gasteiger partial charge in [0.1, 0.15) is 0 Å². The van der Waals surface area contributed by atoms with Crippen molar-refractivity contribution in [3.8, 4) is 0 Å². The first-order chi connectivity index (χ1) is 7.05. The van der Waals surface area contributed by atoms with Crippen LogP contribution in [0.3, 0.4) is 0 Å². The minimum atomic E-state index is -2.65. The lowest BCUT2D eigenvalue weighted by Crippen LogP contribution is -1.84. The molecule has 0 saturated heterocycles. The lowest BCUT2D eigenvalue weighted by atomic mass is 10.2. The van der Waals surface area contributed by atoms with Crippen LogP contribution in [0.5, 0.6) is 0 Å². The minimum Gasteiger partial charge on any atom is -0.344 e. The summed E-state index contributed by atoms with van der Waals surface area (Å²) in [4.78, 5) is 8.69. The molecule has 0 heterocycles. The van der Waals surface area contributed by atoms with E-state index < -0.39 is 7.37 Å². The molecule has 0 spiro atoms. The van der Waals surface area contributed by atoms with Crippen molar-refractivity contribution in [1.29, 1.82) is 0 Å². The van der Waals surface area contributed by atoms with Gasteiger partial charge in [-0.3, -0.25) is 4.57 Å². The van der Waals surface area contributed by atoms with E-state index in [2.05, 4.69) is 6.58 Å². The van der Waals surface area contributed by atoms with Gasteiger partial charge in [0, 0.05) is 12.3 Å². The van der Waals surface area contributed by atoms with E-state index in [9.17, 15) is 4.57 Å². The van der Waals surface area contributed by atoms with E-state index in [1.54, 1.807) is 13.8 Å². The summed E-state index contributed by atoms with van der Waals surface area (Å²) in [6.45, 7) is 7.08. The average molecular weight is 226 g/mol. The van der Waals surface area contributed by atoms with Crippen LogP contribution in [-0.2, 0) is 4.57 Å². The summed E-state index contributed by atoms with van der Waals surface area (Å²) in [7, 11) is -2.65. The highest BCUT2D eigenvalue weighted by molar-refractivity contribution is 7.57. The topological polar surface area (TPSA) is 37.3 Å². The van der Waals surface area contributed by atoms with Gasteiger partial charge in [0.25, 0.3) is 0 Å². The van der Waals surface area contributed by atoms with Crippen molar-refractivity contribution < 1.29 is 9.46 Å². The van der Waals surface area contributed by atoms with Crippen LogP contribution in [0.4, 0.5) is 0 Å². The Morgan fingerprint density at radius 3 is 1.93 bits per heavy atom. The van der Waals surface area contributed by atoms with Crippen LogP contribution in [0.15, 0.2) is 36.9 Å². The fourth-order valence-electron chi connectivity index (χ4n) is 0.813. The Hall–Kier alpha value is -0.850. The molecule has 0 aliphatic carbocycles. The Bertz CT molecular complexity index is 312. The van der Waals surface area contributed by atoms with Gasteiger partial charge in [-0.15, -0.1) is 0 Å². The van der Waals surface area contributed by atoms with Crippen molar-refractivity contribution in [2.24, 2.45) is 0 Å². The molecule has 0 amide bonds.